The van der Waals surface area contributed by atoms with Crippen LogP contribution in [0, 0.1) is 18.3 Å². The van der Waals surface area contributed by atoms with Gasteiger partial charge in [0.15, 0.2) is 0 Å². The lowest BCUT2D eigenvalue weighted by Crippen LogP contribution is -2.33. The molecule has 0 saturated carbocycles. The van der Waals surface area contributed by atoms with E-state index in [1.165, 1.54) is 0 Å². The third-order valence-electron chi connectivity index (χ3n) is 2.39. The zero-order valence-electron chi connectivity index (χ0n) is 8.28. The Labute approximate surface area is 83.8 Å². The van der Waals surface area contributed by atoms with E-state index in [0.717, 1.165) is 11.1 Å². The van der Waals surface area contributed by atoms with E-state index in [1.807, 2.05) is 13.8 Å². The molecule has 0 saturated heterocycles. The van der Waals surface area contributed by atoms with Crippen molar-refractivity contribution in [1.29, 1.82) is 5.26 Å². The van der Waals surface area contributed by atoms with E-state index < -0.39 is 7.12 Å². The van der Waals surface area contributed by atoms with Gasteiger partial charge in [-0.25, -0.2) is 0 Å². The Morgan fingerprint density at radius 1 is 1.43 bits per heavy atom. The summed E-state index contributed by atoms with van der Waals surface area (Å²) in [6.45, 7) is 3.75. The summed E-state index contributed by atoms with van der Waals surface area (Å²) in [4.78, 5) is 0. The fraction of sp³-hybridized carbons (Fsp3) is 0.300. The second-order valence-corrected chi connectivity index (χ2v) is 3.14. The Morgan fingerprint density at radius 3 is 2.50 bits per heavy atom. The Bertz CT molecular complexity index is 382. The van der Waals surface area contributed by atoms with Crippen LogP contribution in [0.2, 0.25) is 0 Å². The van der Waals surface area contributed by atoms with Gasteiger partial charge in [0.1, 0.15) is 0 Å². The highest BCUT2D eigenvalue weighted by Crippen LogP contribution is 2.11. The second kappa shape index (κ2) is 4.27. The molecular weight excluding hydrogens is 177 g/mol. The molecule has 0 bridgehead atoms. The molecule has 3 nitrogen and oxygen atoms in total. The number of hydrogen-bond acceptors (Lipinski definition) is 3. The van der Waals surface area contributed by atoms with Crippen molar-refractivity contribution in [2.45, 2.75) is 20.3 Å². The van der Waals surface area contributed by atoms with Gasteiger partial charge < -0.3 is 10.0 Å². The third kappa shape index (κ3) is 1.79. The van der Waals surface area contributed by atoms with Crippen LogP contribution in [-0.4, -0.2) is 17.2 Å². The van der Waals surface area contributed by atoms with Gasteiger partial charge in [0.25, 0.3) is 0 Å². The first-order chi connectivity index (χ1) is 6.61. The summed E-state index contributed by atoms with van der Waals surface area (Å²) in [5.41, 5.74) is 2.76. The zero-order chi connectivity index (χ0) is 10.7. The maximum atomic E-state index is 9.10. The Balaban J connectivity index is 3.38. The minimum atomic E-state index is -1.46. The summed E-state index contributed by atoms with van der Waals surface area (Å²) < 4.78 is 0. The number of benzene rings is 1. The normalized spacial score (nSPS) is 9.64. The second-order valence-electron chi connectivity index (χ2n) is 3.14. The van der Waals surface area contributed by atoms with Crippen molar-refractivity contribution in [3.63, 3.8) is 0 Å². The molecule has 0 unspecified atom stereocenters. The number of nitrogens with zero attached hydrogens (tertiary/aromatic N) is 1. The minimum Gasteiger partial charge on any atom is -0.423 e. The molecule has 1 aromatic carbocycles. The van der Waals surface area contributed by atoms with Crippen LogP contribution in [0.25, 0.3) is 0 Å². The molecule has 0 spiro atoms. The molecule has 0 aromatic heterocycles. The average molecular weight is 189 g/mol. The first-order valence-electron chi connectivity index (χ1n) is 4.50. The van der Waals surface area contributed by atoms with Gasteiger partial charge in [-0.3, -0.25) is 0 Å². The minimum absolute atomic E-state index is 0.490. The van der Waals surface area contributed by atoms with Crippen LogP contribution in [0.5, 0.6) is 0 Å². The van der Waals surface area contributed by atoms with Crippen molar-refractivity contribution < 1.29 is 10.0 Å². The van der Waals surface area contributed by atoms with E-state index >= 15 is 0 Å². The maximum absolute atomic E-state index is 9.10. The molecule has 2 N–H and O–H groups in total. The van der Waals surface area contributed by atoms with Gasteiger partial charge in [-0.05, 0) is 36.0 Å². The molecule has 0 radical (unpaired) electrons. The Hall–Kier alpha value is -1.31. The molecule has 0 aliphatic rings. The van der Waals surface area contributed by atoms with Crippen LogP contribution in [0.15, 0.2) is 12.1 Å². The molecule has 0 fully saturated rings. The van der Waals surface area contributed by atoms with Gasteiger partial charge in [0.05, 0.1) is 11.6 Å². The largest absolute Gasteiger partial charge is 0.488 e. The first-order valence-corrected chi connectivity index (χ1v) is 4.50. The summed E-state index contributed by atoms with van der Waals surface area (Å²) >= 11 is 0. The fourth-order valence-electron chi connectivity index (χ4n) is 1.61. The topological polar surface area (TPSA) is 64.2 Å². The lowest BCUT2D eigenvalue weighted by atomic mass is 9.74. The van der Waals surface area contributed by atoms with E-state index in [1.54, 1.807) is 12.1 Å². The fourth-order valence-corrected chi connectivity index (χ4v) is 1.61. The molecule has 0 aliphatic carbocycles. The Morgan fingerprint density at radius 2 is 2.07 bits per heavy atom. The van der Waals surface area contributed by atoms with Gasteiger partial charge >= 0.3 is 7.12 Å². The highest BCUT2D eigenvalue weighted by Gasteiger charge is 2.17. The molecule has 0 atom stereocenters. The van der Waals surface area contributed by atoms with Crippen molar-refractivity contribution in [2.24, 2.45) is 0 Å². The smallest absolute Gasteiger partial charge is 0.423 e. The average Bonchev–Trinajstić information content (AvgIpc) is 2.17. The third-order valence-corrected chi connectivity index (χ3v) is 2.39. The van der Waals surface area contributed by atoms with Crippen LogP contribution < -0.4 is 5.46 Å². The summed E-state index contributed by atoms with van der Waals surface area (Å²) in [6.07, 6.45) is 0.689. The molecule has 1 rings (SSSR count). The predicted octanol–water partition coefficient (Wildman–Crippen LogP) is 0.109. The summed E-state index contributed by atoms with van der Waals surface area (Å²) in [7, 11) is -1.46. The van der Waals surface area contributed by atoms with Crippen LogP contribution in [0.3, 0.4) is 0 Å². The molecule has 1 aromatic rings. The van der Waals surface area contributed by atoms with Crippen LogP contribution in [0.1, 0.15) is 23.6 Å². The van der Waals surface area contributed by atoms with Gasteiger partial charge in [-0.2, -0.15) is 5.26 Å². The molecule has 0 amide bonds. The van der Waals surface area contributed by atoms with E-state index in [2.05, 4.69) is 6.07 Å². The summed E-state index contributed by atoms with van der Waals surface area (Å²) in [5, 5.41) is 27.0. The SMILES string of the molecule is CCc1c(B(O)O)ccc(C#N)c1C. The molecule has 4 heteroatoms. The van der Waals surface area contributed by atoms with Crippen LogP contribution in [0.4, 0.5) is 0 Å². The molecule has 0 aliphatic heterocycles. The first kappa shape index (κ1) is 10.8. The van der Waals surface area contributed by atoms with Crippen molar-refractivity contribution >= 4 is 12.6 Å². The van der Waals surface area contributed by atoms with Crippen molar-refractivity contribution in [3.8, 4) is 6.07 Å². The predicted molar refractivity (Wildman–Crippen MR) is 55.1 cm³/mol. The van der Waals surface area contributed by atoms with E-state index in [4.69, 9.17) is 15.3 Å². The highest BCUT2D eigenvalue weighted by atomic mass is 16.4. The maximum Gasteiger partial charge on any atom is 0.488 e. The van der Waals surface area contributed by atoms with Gasteiger partial charge in [0.2, 0.25) is 0 Å². The molecular formula is C10H12BNO2. The standard InChI is InChI=1S/C10H12BNO2/c1-3-9-7(2)8(6-12)4-5-10(9)11(13)14/h4-5,13-14H,3H2,1-2H3. The lowest BCUT2D eigenvalue weighted by molar-refractivity contribution is 0.425. The van der Waals surface area contributed by atoms with E-state index in [9.17, 15) is 0 Å². The van der Waals surface area contributed by atoms with Crippen molar-refractivity contribution in [1.82, 2.24) is 0 Å². The lowest BCUT2D eigenvalue weighted by Gasteiger charge is -2.11. The quantitative estimate of drug-likeness (QED) is 0.649. The molecule has 0 heterocycles. The number of rotatable bonds is 2. The highest BCUT2D eigenvalue weighted by molar-refractivity contribution is 6.59. The van der Waals surface area contributed by atoms with Crippen LogP contribution >= 0.6 is 0 Å². The van der Waals surface area contributed by atoms with Crippen molar-refractivity contribution in [2.75, 3.05) is 0 Å². The summed E-state index contributed by atoms with van der Waals surface area (Å²) in [5.74, 6) is 0. The Kier molecular flexibility index (Phi) is 3.29. The van der Waals surface area contributed by atoms with Crippen molar-refractivity contribution in [3.05, 3.63) is 28.8 Å². The van der Waals surface area contributed by atoms with Gasteiger partial charge in [-0.15, -0.1) is 0 Å². The zero-order valence-corrected chi connectivity index (χ0v) is 8.28. The summed E-state index contributed by atoms with van der Waals surface area (Å²) in [6, 6.07) is 5.28. The number of hydrogen-bond donors (Lipinski definition) is 2. The van der Waals surface area contributed by atoms with Crippen LogP contribution in [-0.2, 0) is 6.42 Å². The van der Waals surface area contributed by atoms with Gasteiger partial charge in [0, 0.05) is 0 Å². The monoisotopic (exact) mass is 189 g/mol. The van der Waals surface area contributed by atoms with Gasteiger partial charge in [-0.1, -0.05) is 13.0 Å². The van der Waals surface area contributed by atoms with E-state index in [-0.39, 0.29) is 0 Å². The number of nitriles is 1. The molecule has 72 valence electrons. The molecule has 14 heavy (non-hydrogen) atoms. The van der Waals surface area contributed by atoms with E-state index in [0.29, 0.717) is 17.4 Å².